The molecule has 0 atom stereocenters. The molecule has 1 aromatic heterocycles. The van der Waals surface area contributed by atoms with Crippen LogP contribution in [0, 0.1) is 0 Å². The largest absolute Gasteiger partial charge is 0.511 e. The number of benzene rings is 1. The van der Waals surface area contributed by atoms with E-state index in [2.05, 4.69) is 16.4 Å². The van der Waals surface area contributed by atoms with Crippen LogP contribution in [-0.2, 0) is 12.8 Å². The number of rotatable bonds is 0. The highest BCUT2D eigenvalue weighted by molar-refractivity contribution is 6.30. The number of hydrogen-bond acceptors (Lipinski definition) is 3. The molecule has 118 valence electrons. The highest BCUT2D eigenvalue weighted by Gasteiger charge is 2.17. The number of halogens is 1. The fourth-order valence-corrected chi connectivity index (χ4v) is 3.83. The molecule has 1 fully saturated rings. The van der Waals surface area contributed by atoms with Gasteiger partial charge in [0.05, 0.1) is 5.69 Å². The lowest BCUT2D eigenvalue weighted by Gasteiger charge is -2.16. The van der Waals surface area contributed by atoms with E-state index >= 15 is 0 Å². The standard InChI is InChI=1S/C19H19ClN2O/c20-15-2-1-13-10-17-19(18(23)11-14(13)9-15)16(5-8-22-17)12-3-6-21-7-4-12/h1-2,5,8-9,21,23H,3-4,6-7,10-11H2. The topological polar surface area (TPSA) is 45.2 Å². The predicted molar refractivity (Wildman–Crippen MR) is 93.0 cm³/mol. The fraction of sp³-hybridized carbons (Fsp3) is 0.316. The minimum atomic E-state index is 0.412. The number of nitrogens with zero attached hydrogens (tertiary/aromatic N) is 1. The first-order chi connectivity index (χ1) is 11.2. The second-order valence-corrected chi connectivity index (χ2v) is 6.68. The zero-order chi connectivity index (χ0) is 15.8. The Morgan fingerprint density at radius 2 is 1.87 bits per heavy atom. The summed E-state index contributed by atoms with van der Waals surface area (Å²) in [5.41, 5.74) is 4.67. The lowest BCUT2D eigenvalue weighted by Crippen LogP contribution is -2.36. The summed E-state index contributed by atoms with van der Waals surface area (Å²) < 4.78 is 0. The molecule has 4 rings (SSSR count). The maximum absolute atomic E-state index is 10.8. The van der Waals surface area contributed by atoms with Gasteiger partial charge in [0.15, 0.2) is 0 Å². The maximum Gasteiger partial charge on any atom is 0.106 e. The Balaban J connectivity index is 1.97. The van der Waals surface area contributed by atoms with Crippen LogP contribution in [0.25, 0.3) is 11.3 Å². The third-order valence-corrected chi connectivity index (χ3v) is 5.03. The molecular formula is C19H19ClN2O. The lowest BCUT2D eigenvalue weighted by molar-refractivity contribution is 0.486. The van der Waals surface area contributed by atoms with Crippen LogP contribution >= 0.6 is 11.6 Å². The zero-order valence-electron chi connectivity index (χ0n) is 12.9. The van der Waals surface area contributed by atoms with Crippen molar-refractivity contribution in [1.82, 2.24) is 10.3 Å². The molecule has 2 heterocycles. The predicted octanol–water partition coefficient (Wildman–Crippen LogP) is 2.08. The average Bonchev–Trinajstić information content (AvgIpc) is 2.71. The minimum Gasteiger partial charge on any atom is -0.511 e. The van der Waals surface area contributed by atoms with Gasteiger partial charge < -0.3 is 10.4 Å². The summed E-state index contributed by atoms with van der Waals surface area (Å²) in [6.07, 6.45) is 5.20. The minimum absolute atomic E-state index is 0.412. The van der Waals surface area contributed by atoms with Gasteiger partial charge in [0, 0.05) is 29.3 Å². The van der Waals surface area contributed by atoms with Crippen molar-refractivity contribution in [3.8, 4) is 0 Å². The SMILES string of the molecule is OC1=c2c(nccc2=C2CCNCC2)Cc2ccc(Cl)cc2C1. The van der Waals surface area contributed by atoms with Gasteiger partial charge >= 0.3 is 0 Å². The molecule has 4 heteroatoms. The summed E-state index contributed by atoms with van der Waals surface area (Å²) in [6, 6.07) is 7.97. The maximum atomic E-state index is 10.8. The second-order valence-electron chi connectivity index (χ2n) is 6.25. The van der Waals surface area contributed by atoms with E-state index in [1.165, 1.54) is 16.4 Å². The van der Waals surface area contributed by atoms with Crippen LogP contribution in [0.2, 0.25) is 5.02 Å². The van der Waals surface area contributed by atoms with Gasteiger partial charge in [-0.3, -0.25) is 4.98 Å². The summed E-state index contributed by atoms with van der Waals surface area (Å²) in [6.45, 7) is 2.01. The van der Waals surface area contributed by atoms with Gasteiger partial charge in [-0.15, -0.1) is 0 Å². The summed E-state index contributed by atoms with van der Waals surface area (Å²) in [7, 11) is 0. The van der Waals surface area contributed by atoms with Crippen molar-refractivity contribution in [3.05, 3.63) is 62.7 Å². The van der Waals surface area contributed by atoms with Crippen molar-refractivity contribution in [2.45, 2.75) is 25.7 Å². The quantitative estimate of drug-likeness (QED) is 0.779. The smallest absolute Gasteiger partial charge is 0.106 e. The number of fused-ring (bicyclic) bond motifs is 2. The van der Waals surface area contributed by atoms with Crippen LogP contribution < -0.4 is 15.8 Å². The molecule has 0 radical (unpaired) electrons. The van der Waals surface area contributed by atoms with E-state index in [1.54, 1.807) is 0 Å². The molecule has 2 N–H and O–H groups in total. The van der Waals surface area contributed by atoms with E-state index < -0.39 is 0 Å². The Morgan fingerprint density at radius 3 is 2.70 bits per heavy atom. The van der Waals surface area contributed by atoms with Crippen LogP contribution in [0.4, 0.5) is 0 Å². The number of nitrogens with one attached hydrogen (secondary N) is 1. The van der Waals surface area contributed by atoms with Gasteiger partial charge in [0.25, 0.3) is 0 Å². The van der Waals surface area contributed by atoms with Gasteiger partial charge in [0.2, 0.25) is 0 Å². The third-order valence-electron chi connectivity index (χ3n) is 4.79. The number of pyridine rings is 1. The summed E-state index contributed by atoms with van der Waals surface area (Å²) in [5.74, 6) is 0.412. The number of piperidine rings is 1. The first-order valence-electron chi connectivity index (χ1n) is 8.08. The Morgan fingerprint density at radius 1 is 1.04 bits per heavy atom. The van der Waals surface area contributed by atoms with Crippen molar-refractivity contribution in [2.24, 2.45) is 0 Å². The van der Waals surface area contributed by atoms with Gasteiger partial charge in [-0.2, -0.15) is 0 Å². The van der Waals surface area contributed by atoms with Crippen LogP contribution in [0.1, 0.15) is 29.7 Å². The Kier molecular flexibility index (Phi) is 3.83. The summed E-state index contributed by atoms with van der Waals surface area (Å²) in [4.78, 5) is 4.56. The van der Waals surface area contributed by atoms with Crippen LogP contribution in [-0.4, -0.2) is 23.2 Å². The number of hydrogen-bond donors (Lipinski definition) is 2. The Hall–Kier alpha value is -1.84. The monoisotopic (exact) mass is 326 g/mol. The molecular weight excluding hydrogens is 308 g/mol. The van der Waals surface area contributed by atoms with Gasteiger partial charge in [0.1, 0.15) is 5.76 Å². The van der Waals surface area contributed by atoms with E-state index in [9.17, 15) is 5.11 Å². The van der Waals surface area contributed by atoms with Crippen molar-refractivity contribution in [3.63, 3.8) is 0 Å². The normalized spacial score (nSPS) is 17.4. The fourth-order valence-electron chi connectivity index (χ4n) is 3.63. The third kappa shape index (κ3) is 2.75. The molecule has 2 aromatic rings. The Labute approximate surface area is 140 Å². The first kappa shape index (κ1) is 14.7. The molecule has 23 heavy (non-hydrogen) atoms. The summed E-state index contributed by atoms with van der Waals surface area (Å²) in [5, 5.41) is 17.0. The molecule has 1 aromatic carbocycles. The average molecular weight is 327 g/mol. The first-order valence-corrected chi connectivity index (χ1v) is 8.46. The van der Waals surface area contributed by atoms with Crippen LogP contribution in [0.5, 0.6) is 0 Å². The number of aliphatic hydroxyl groups is 1. The molecule has 0 amide bonds. The molecule has 1 saturated heterocycles. The molecule has 2 aliphatic rings. The van der Waals surface area contributed by atoms with Gasteiger partial charge in [-0.25, -0.2) is 0 Å². The van der Waals surface area contributed by atoms with E-state index in [-0.39, 0.29) is 0 Å². The van der Waals surface area contributed by atoms with E-state index in [0.717, 1.165) is 48.8 Å². The molecule has 0 saturated carbocycles. The van der Waals surface area contributed by atoms with Gasteiger partial charge in [-0.05, 0) is 60.5 Å². The molecule has 0 spiro atoms. The molecule has 0 unspecified atom stereocenters. The highest BCUT2D eigenvalue weighted by atomic mass is 35.5. The second kappa shape index (κ2) is 5.99. The van der Waals surface area contributed by atoms with E-state index in [0.29, 0.717) is 17.2 Å². The van der Waals surface area contributed by atoms with Crippen molar-refractivity contribution in [1.29, 1.82) is 0 Å². The highest BCUT2D eigenvalue weighted by Crippen LogP contribution is 2.22. The molecule has 3 nitrogen and oxygen atoms in total. The summed E-state index contributed by atoms with van der Waals surface area (Å²) >= 11 is 6.12. The van der Waals surface area contributed by atoms with Crippen molar-refractivity contribution < 1.29 is 5.11 Å². The number of aromatic nitrogens is 1. The van der Waals surface area contributed by atoms with Crippen molar-refractivity contribution >= 4 is 22.9 Å². The molecule has 1 aliphatic heterocycles. The molecule has 0 bridgehead atoms. The zero-order valence-corrected chi connectivity index (χ0v) is 13.7. The van der Waals surface area contributed by atoms with Crippen LogP contribution in [0.15, 0.2) is 30.5 Å². The van der Waals surface area contributed by atoms with E-state index in [1.807, 2.05) is 24.4 Å². The number of aliphatic hydroxyl groups excluding tert-OH is 1. The van der Waals surface area contributed by atoms with Crippen LogP contribution in [0.3, 0.4) is 0 Å². The molecule has 1 aliphatic carbocycles. The van der Waals surface area contributed by atoms with Gasteiger partial charge in [-0.1, -0.05) is 23.2 Å². The van der Waals surface area contributed by atoms with E-state index in [4.69, 9.17) is 11.6 Å². The lowest BCUT2D eigenvalue weighted by atomic mass is 10.00. The van der Waals surface area contributed by atoms with Crippen molar-refractivity contribution in [2.75, 3.05) is 13.1 Å². The Bertz CT molecular complexity index is 881.